The highest BCUT2D eigenvalue weighted by Gasteiger charge is 2.38. The third kappa shape index (κ3) is 3.68. The molecule has 0 fully saturated rings. The van der Waals surface area contributed by atoms with Crippen LogP contribution in [0.4, 0.5) is 5.69 Å². The number of allylic oxidation sites excluding steroid dienone is 1. The molecule has 1 aliphatic heterocycles. The monoisotopic (exact) mass is 407 g/mol. The van der Waals surface area contributed by atoms with Crippen LogP contribution >= 0.6 is 0 Å². The first-order valence-corrected chi connectivity index (χ1v) is 9.67. The number of aromatic hydroxyl groups is 1. The maximum Gasteiger partial charge on any atom is 0.340 e. The Labute approximate surface area is 176 Å². The number of amides is 1. The highest BCUT2D eigenvalue weighted by Crippen LogP contribution is 2.38. The van der Waals surface area contributed by atoms with Crippen molar-refractivity contribution in [3.8, 4) is 11.5 Å². The van der Waals surface area contributed by atoms with Gasteiger partial charge in [0.15, 0.2) is 11.5 Å². The fraction of sp³-hybridized carbons (Fsp3) is 0.250. The van der Waals surface area contributed by atoms with Gasteiger partial charge in [-0.2, -0.15) is 0 Å². The smallest absolute Gasteiger partial charge is 0.340 e. The molecule has 2 aromatic rings. The fourth-order valence-electron chi connectivity index (χ4n) is 3.44. The summed E-state index contributed by atoms with van der Waals surface area (Å²) in [5.74, 6) is -0.758. The van der Waals surface area contributed by atoms with E-state index < -0.39 is 5.97 Å². The number of methoxy groups -OCH3 is 1. The fourth-order valence-corrected chi connectivity index (χ4v) is 3.44. The molecule has 0 aliphatic carbocycles. The van der Waals surface area contributed by atoms with E-state index in [9.17, 15) is 14.7 Å². The molecule has 1 aliphatic rings. The second-order valence-electron chi connectivity index (χ2n) is 7.05. The number of esters is 1. The lowest BCUT2D eigenvalue weighted by molar-refractivity contribution is -0.136. The number of carbonyl (C=O) groups is 2. The van der Waals surface area contributed by atoms with Gasteiger partial charge in [-0.3, -0.25) is 9.69 Å². The molecular formula is C24H25NO5. The van der Waals surface area contributed by atoms with E-state index >= 15 is 0 Å². The minimum Gasteiger partial charge on any atom is -0.504 e. The zero-order valence-corrected chi connectivity index (χ0v) is 17.8. The average molecular weight is 407 g/mol. The van der Waals surface area contributed by atoms with Crippen molar-refractivity contribution in [3.63, 3.8) is 0 Å². The Hall–Kier alpha value is -3.54. The highest BCUT2D eigenvalue weighted by molar-refractivity contribution is 6.24. The van der Waals surface area contributed by atoms with Crippen LogP contribution in [0.3, 0.4) is 0 Å². The Balaban J connectivity index is 2.16. The van der Waals surface area contributed by atoms with Crippen LogP contribution in [0, 0.1) is 13.8 Å². The van der Waals surface area contributed by atoms with Gasteiger partial charge < -0.3 is 14.6 Å². The van der Waals surface area contributed by atoms with E-state index in [-0.39, 0.29) is 22.8 Å². The zero-order chi connectivity index (χ0) is 22.0. The predicted octanol–water partition coefficient (Wildman–Crippen LogP) is 4.28. The predicted molar refractivity (Wildman–Crippen MR) is 115 cm³/mol. The van der Waals surface area contributed by atoms with Crippen LogP contribution in [-0.4, -0.2) is 30.7 Å². The summed E-state index contributed by atoms with van der Waals surface area (Å²) in [6, 6.07) is 10.7. The van der Waals surface area contributed by atoms with Gasteiger partial charge in [-0.15, -0.1) is 0 Å². The molecule has 30 heavy (non-hydrogen) atoms. The molecule has 1 amide bonds. The lowest BCUT2D eigenvalue weighted by Crippen LogP contribution is -2.24. The molecule has 0 spiro atoms. The Morgan fingerprint density at radius 2 is 1.87 bits per heavy atom. The summed E-state index contributed by atoms with van der Waals surface area (Å²) >= 11 is 0. The number of para-hydroxylation sites is 1. The van der Waals surface area contributed by atoms with Gasteiger partial charge >= 0.3 is 5.97 Å². The molecule has 2 aromatic carbocycles. The molecule has 6 nitrogen and oxygen atoms in total. The van der Waals surface area contributed by atoms with Crippen molar-refractivity contribution < 1.29 is 24.2 Å². The standard InChI is InChI=1S/C24H25NO5/c1-6-30-20-9-7-8-17(22(20)26)13-19-21(24(28)29-5)16(4)25(23(19)27)18-11-10-14(2)15(3)12-18/h7-13,26H,6H2,1-5H3/b19-13-. The number of aryl methyl sites for hydroxylation is 2. The lowest BCUT2D eigenvalue weighted by atomic mass is 10.0. The van der Waals surface area contributed by atoms with E-state index in [4.69, 9.17) is 9.47 Å². The lowest BCUT2D eigenvalue weighted by Gasteiger charge is -2.19. The minimum absolute atomic E-state index is 0.0915. The van der Waals surface area contributed by atoms with Gasteiger partial charge in [-0.05, 0) is 63.1 Å². The first-order valence-electron chi connectivity index (χ1n) is 9.67. The van der Waals surface area contributed by atoms with Crippen molar-refractivity contribution in [3.05, 3.63) is 69.9 Å². The average Bonchev–Trinajstić information content (AvgIpc) is 2.96. The first-order chi connectivity index (χ1) is 14.3. The summed E-state index contributed by atoms with van der Waals surface area (Å²) < 4.78 is 10.4. The number of rotatable bonds is 5. The summed E-state index contributed by atoms with van der Waals surface area (Å²) in [4.78, 5) is 27.4. The van der Waals surface area contributed by atoms with Crippen molar-refractivity contribution in [1.82, 2.24) is 0 Å². The third-order valence-corrected chi connectivity index (χ3v) is 5.17. The third-order valence-electron chi connectivity index (χ3n) is 5.17. The van der Waals surface area contributed by atoms with Gasteiger partial charge in [-0.25, -0.2) is 4.79 Å². The van der Waals surface area contributed by atoms with Crippen molar-refractivity contribution in [2.75, 3.05) is 18.6 Å². The zero-order valence-electron chi connectivity index (χ0n) is 17.8. The number of carbonyl (C=O) groups excluding carboxylic acids is 2. The summed E-state index contributed by atoms with van der Waals surface area (Å²) in [6.45, 7) is 7.87. The highest BCUT2D eigenvalue weighted by atomic mass is 16.5. The molecule has 3 rings (SSSR count). The Kier molecular flexibility index (Phi) is 5.96. The van der Waals surface area contributed by atoms with Crippen molar-refractivity contribution in [1.29, 1.82) is 0 Å². The molecule has 0 radical (unpaired) electrons. The maximum atomic E-state index is 13.4. The van der Waals surface area contributed by atoms with Gasteiger partial charge in [0.25, 0.3) is 5.91 Å². The minimum atomic E-state index is -0.612. The van der Waals surface area contributed by atoms with Gasteiger partial charge in [0, 0.05) is 16.9 Å². The van der Waals surface area contributed by atoms with Crippen molar-refractivity contribution >= 4 is 23.6 Å². The van der Waals surface area contributed by atoms with Gasteiger partial charge in [0.2, 0.25) is 0 Å². The number of phenolic OH excluding ortho intramolecular Hbond substituents is 1. The Morgan fingerprint density at radius 3 is 2.50 bits per heavy atom. The van der Waals surface area contributed by atoms with Gasteiger partial charge in [0.05, 0.1) is 24.9 Å². The first kappa shape index (κ1) is 21.2. The molecule has 156 valence electrons. The molecule has 0 aromatic heterocycles. The van der Waals surface area contributed by atoms with Crippen molar-refractivity contribution in [2.45, 2.75) is 27.7 Å². The van der Waals surface area contributed by atoms with E-state index in [1.165, 1.54) is 18.1 Å². The molecular weight excluding hydrogens is 382 g/mol. The quantitative estimate of drug-likeness (QED) is 0.591. The summed E-state index contributed by atoms with van der Waals surface area (Å²) in [5.41, 5.74) is 3.98. The van der Waals surface area contributed by atoms with E-state index in [0.29, 0.717) is 29.3 Å². The molecule has 6 heteroatoms. The molecule has 1 heterocycles. The molecule has 0 bridgehead atoms. The van der Waals surface area contributed by atoms with Gasteiger partial charge in [0.1, 0.15) is 0 Å². The number of phenols is 1. The second kappa shape index (κ2) is 8.45. The second-order valence-corrected chi connectivity index (χ2v) is 7.05. The molecule has 1 N–H and O–H groups in total. The van der Waals surface area contributed by atoms with Crippen LogP contribution in [-0.2, 0) is 14.3 Å². The maximum absolute atomic E-state index is 13.4. The molecule has 0 unspecified atom stereocenters. The number of anilines is 1. The summed E-state index contributed by atoms with van der Waals surface area (Å²) in [7, 11) is 1.27. The van der Waals surface area contributed by atoms with Crippen molar-refractivity contribution in [2.24, 2.45) is 0 Å². The topological polar surface area (TPSA) is 76.1 Å². The number of hydrogen-bond donors (Lipinski definition) is 1. The van der Waals surface area contributed by atoms with Crippen LogP contribution in [0.15, 0.2) is 53.2 Å². The van der Waals surface area contributed by atoms with Crippen LogP contribution < -0.4 is 9.64 Å². The number of ether oxygens (including phenoxy) is 2. The number of benzene rings is 2. The largest absolute Gasteiger partial charge is 0.504 e. The summed E-state index contributed by atoms with van der Waals surface area (Å²) in [5, 5.41) is 10.5. The van der Waals surface area contributed by atoms with E-state index in [2.05, 4.69) is 0 Å². The van der Waals surface area contributed by atoms with E-state index in [1.807, 2.05) is 39.0 Å². The van der Waals surface area contributed by atoms with Crippen LogP contribution in [0.25, 0.3) is 6.08 Å². The van der Waals surface area contributed by atoms with Crippen LogP contribution in [0.2, 0.25) is 0 Å². The molecule has 0 saturated carbocycles. The van der Waals surface area contributed by atoms with E-state index in [0.717, 1.165) is 11.1 Å². The SMILES string of the molecule is CCOc1cccc(/C=C2\C(=O)N(c3ccc(C)c(C)c3)C(C)=C2C(=O)OC)c1O. The van der Waals surface area contributed by atoms with E-state index in [1.54, 1.807) is 25.1 Å². The Bertz CT molecular complexity index is 1080. The van der Waals surface area contributed by atoms with Crippen LogP contribution in [0.1, 0.15) is 30.5 Å². The normalized spacial score (nSPS) is 15.2. The van der Waals surface area contributed by atoms with Crippen LogP contribution in [0.5, 0.6) is 11.5 Å². The number of hydrogen-bond acceptors (Lipinski definition) is 5. The number of nitrogens with zero attached hydrogens (tertiary/aromatic N) is 1. The summed E-state index contributed by atoms with van der Waals surface area (Å²) in [6.07, 6.45) is 1.50. The molecule has 0 atom stereocenters. The van der Waals surface area contributed by atoms with Gasteiger partial charge in [-0.1, -0.05) is 18.2 Å². The Morgan fingerprint density at radius 1 is 1.13 bits per heavy atom. The molecule has 0 saturated heterocycles.